The van der Waals surface area contributed by atoms with E-state index < -0.39 is 5.97 Å². The summed E-state index contributed by atoms with van der Waals surface area (Å²) in [6.45, 7) is 2.50. The third-order valence-corrected chi connectivity index (χ3v) is 5.71. The minimum atomic E-state index is -0.761. The maximum absolute atomic E-state index is 12.4. The van der Waals surface area contributed by atoms with E-state index in [0.717, 1.165) is 11.8 Å². The Hall–Kier alpha value is -1.06. The standard InChI is InChI=1S/C15H23NO3/c1-9-13(15(18)19)4-5-16(9)14(17)8-12-7-10-2-3-11(12)6-10/h9-13H,2-8H2,1H3,(H,18,19). The second-order valence-electron chi connectivity index (χ2n) is 6.70. The molecule has 1 N–H and O–H groups in total. The molecule has 0 spiro atoms. The van der Waals surface area contributed by atoms with Crippen LogP contribution < -0.4 is 0 Å². The van der Waals surface area contributed by atoms with Crippen molar-refractivity contribution in [1.82, 2.24) is 4.90 Å². The lowest BCUT2D eigenvalue weighted by molar-refractivity contribution is -0.143. The molecule has 1 saturated heterocycles. The Morgan fingerprint density at radius 1 is 1.21 bits per heavy atom. The molecule has 0 aromatic rings. The van der Waals surface area contributed by atoms with E-state index in [1.807, 2.05) is 11.8 Å². The van der Waals surface area contributed by atoms with Crippen LogP contribution in [-0.4, -0.2) is 34.5 Å². The third-order valence-electron chi connectivity index (χ3n) is 5.71. The first kappa shape index (κ1) is 12.9. The van der Waals surface area contributed by atoms with Gasteiger partial charge < -0.3 is 10.0 Å². The summed E-state index contributed by atoms with van der Waals surface area (Å²) in [5, 5.41) is 9.12. The van der Waals surface area contributed by atoms with Crippen LogP contribution in [-0.2, 0) is 9.59 Å². The van der Waals surface area contributed by atoms with E-state index in [1.165, 1.54) is 25.7 Å². The Morgan fingerprint density at radius 3 is 2.53 bits per heavy atom. The van der Waals surface area contributed by atoms with E-state index in [0.29, 0.717) is 25.3 Å². The first-order valence-corrected chi connectivity index (χ1v) is 7.58. The second-order valence-corrected chi connectivity index (χ2v) is 6.70. The molecule has 2 aliphatic carbocycles. The summed E-state index contributed by atoms with van der Waals surface area (Å²) >= 11 is 0. The molecule has 106 valence electrons. The molecular weight excluding hydrogens is 242 g/mol. The quantitative estimate of drug-likeness (QED) is 0.850. The second kappa shape index (κ2) is 4.80. The lowest BCUT2D eigenvalue weighted by Gasteiger charge is -2.27. The zero-order valence-corrected chi connectivity index (χ0v) is 11.5. The summed E-state index contributed by atoms with van der Waals surface area (Å²) < 4.78 is 0. The van der Waals surface area contributed by atoms with Gasteiger partial charge in [0.25, 0.3) is 0 Å². The monoisotopic (exact) mass is 265 g/mol. The highest BCUT2D eigenvalue weighted by molar-refractivity contribution is 5.79. The number of carbonyl (C=O) groups excluding carboxylic acids is 1. The molecule has 2 bridgehead atoms. The van der Waals surface area contributed by atoms with E-state index in [1.54, 1.807) is 0 Å². The Labute approximate surface area is 114 Å². The Bertz CT molecular complexity index is 395. The van der Waals surface area contributed by atoms with Crippen molar-refractivity contribution in [2.24, 2.45) is 23.7 Å². The average molecular weight is 265 g/mol. The van der Waals surface area contributed by atoms with Crippen molar-refractivity contribution in [2.45, 2.75) is 51.5 Å². The normalized spacial score (nSPS) is 40.9. The number of rotatable bonds is 3. The highest BCUT2D eigenvalue weighted by Gasteiger charge is 2.43. The summed E-state index contributed by atoms with van der Waals surface area (Å²) in [6, 6.07) is -0.136. The van der Waals surface area contributed by atoms with Gasteiger partial charge in [-0.15, -0.1) is 0 Å². The van der Waals surface area contributed by atoms with Gasteiger partial charge in [-0.3, -0.25) is 9.59 Å². The number of fused-ring (bicyclic) bond motifs is 2. The van der Waals surface area contributed by atoms with Crippen molar-refractivity contribution in [3.63, 3.8) is 0 Å². The summed E-state index contributed by atoms with van der Waals surface area (Å²) in [5.41, 5.74) is 0. The van der Waals surface area contributed by atoms with Crippen LogP contribution in [0.1, 0.15) is 45.4 Å². The van der Waals surface area contributed by atoms with Crippen molar-refractivity contribution < 1.29 is 14.7 Å². The minimum Gasteiger partial charge on any atom is -0.481 e. The zero-order valence-electron chi connectivity index (χ0n) is 11.5. The number of amides is 1. The topological polar surface area (TPSA) is 57.6 Å². The highest BCUT2D eigenvalue weighted by Crippen LogP contribution is 2.49. The van der Waals surface area contributed by atoms with Gasteiger partial charge in [-0.1, -0.05) is 6.42 Å². The number of carbonyl (C=O) groups is 2. The van der Waals surface area contributed by atoms with Crippen LogP contribution >= 0.6 is 0 Å². The summed E-state index contributed by atoms with van der Waals surface area (Å²) in [7, 11) is 0. The Morgan fingerprint density at radius 2 is 2.00 bits per heavy atom. The van der Waals surface area contributed by atoms with Gasteiger partial charge in [-0.2, -0.15) is 0 Å². The average Bonchev–Trinajstić information content (AvgIpc) is 3.02. The van der Waals surface area contributed by atoms with Crippen LogP contribution in [0.2, 0.25) is 0 Å². The lowest BCUT2D eigenvalue weighted by Crippen LogP contribution is -2.38. The van der Waals surface area contributed by atoms with Crippen molar-refractivity contribution in [2.75, 3.05) is 6.54 Å². The number of nitrogens with zero attached hydrogens (tertiary/aromatic N) is 1. The molecule has 1 heterocycles. The number of hydrogen-bond acceptors (Lipinski definition) is 2. The number of aliphatic carboxylic acids is 1. The predicted octanol–water partition coefficient (Wildman–Crippen LogP) is 2.13. The van der Waals surface area contributed by atoms with Crippen LogP contribution in [0.5, 0.6) is 0 Å². The molecule has 0 aromatic carbocycles. The lowest BCUT2D eigenvalue weighted by atomic mass is 9.86. The number of likely N-dealkylation sites (tertiary alicyclic amines) is 1. The van der Waals surface area contributed by atoms with E-state index >= 15 is 0 Å². The van der Waals surface area contributed by atoms with Gasteiger partial charge in [0, 0.05) is 19.0 Å². The first-order chi connectivity index (χ1) is 9.06. The first-order valence-electron chi connectivity index (χ1n) is 7.58. The van der Waals surface area contributed by atoms with Gasteiger partial charge in [-0.05, 0) is 50.4 Å². The van der Waals surface area contributed by atoms with E-state index in [-0.39, 0.29) is 17.9 Å². The molecule has 4 nitrogen and oxygen atoms in total. The molecule has 3 rings (SSSR count). The van der Waals surface area contributed by atoms with Crippen LogP contribution in [0.15, 0.2) is 0 Å². The van der Waals surface area contributed by atoms with Crippen LogP contribution in [0, 0.1) is 23.7 Å². The number of carboxylic acids is 1. The molecule has 1 amide bonds. The smallest absolute Gasteiger partial charge is 0.308 e. The fourth-order valence-electron chi connectivity index (χ4n) is 4.59. The van der Waals surface area contributed by atoms with E-state index in [2.05, 4.69) is 0 Å². The number of hydrogen-bond donors (Lipinski definition) is 1. The minimum absolute atomic E-state index is 0.136. The van der Waals surface area contributed by atoms with Crippen molar-refractivity contribution >= 4 is 11.9 Å². The van der Waals surface area contributed by atoms with Crippen molar-refractivity contribution in [3.05, 3.63) is 0 Å². The molecule has 0 radical (unpaired) electrons. The summed E-state index contributed by atoms with van der Waals surface area (Å²) in [4.78, 5) is 25.3. The molecule has 1 aliphatic heterocycles. The van der Waals surface area contributed by atoms with Crippen molar-refractivity contribution in [3.8, 4) is 0 Å². The molecule has 4 heteroatoms. The SMILES string of the molecule is CC1C(C(=O)O)CCN1C(=O)CC1CC2CCC1C2. The maximum atomic E-state index is 12.4. The van der Waals surface area contributed by atoms with Gasteiger partial charge in [0.15, 0.2) is 0 Å². The molecule has 2 saturated carbocycles. The van der Waals surface area contributed by atoms with Crippen LogP contribution in [0.3, 0.4) is 0 Å². The molecular formula is C15H23NO3. The zero-order chi connectivity index (χ0) is 13.6. The summed E-state index contributed by atoms with van der Waals surface area (Å²) in [5.74, 6) is 1.26. The fourth-order valence-corrected chi connectivity index (χ4v) is 4.59. The molecule has 5 atom stereocenters. The van der Waals surface area contributed by atoms with E-state index in [9.17, 15) is 9.59 Å². The molecule has 3 aliphatic rings. The largest absolute Gasteiger partial charge is 0.481 e. The van der Waals surface area contributed by atoms with E-state index in [4.69, 9.17) is 5.11 Å². The maximum Gasteiger partial charge on any atom is 0.308 e. The Kier molecular flexibility index (Phi) is 3.27. The summed E-state index contributed by atoms with van der Waals surface area (Å²) in [6.07, 6.45) is 6.47. The van der Waals surface area contributed by atoms with Gasteiger partial charge in [0.2, 0.25) is 5.91 Å². The van der Waals surface area contributed by atoms with Gasteiger partial charge in [0.1, 0.15) is 0 Å². The number of carboxylic acid groups (broad SMARTS) is 1. The molecule has 19 heavy (non-hydrogen) atoms. The van der Waals surface area contributed by atoms with Gasteiger partial charge in [-0.25, -0.2) is 0 Å². The van der Waals surface area contributed by atoms with Gasteiger partial charge >= 0.3 is 5.97 Å². The van der Waals surface area contributed by atoms with Gasteiger partial charge in [0.05, 0.1) is 5.92 Å². The van der Waals surface area contributed by atoms with Crippen molar-refractivity contribution in [1.29, 1.82) is 0 Å². The third kappa shape index (κ3) is 2.26. The Balaban J connectivity index is 1.58. The van der Waals surface area contributed by atoms with Crippen LogP contribution in [0.4, 0.5) is 0 Å². The fraction of sp³-hybridized carbons (Fsp3) is 0.867. The molecule has 0 aromatic heterocycles. The molecule has 5 unspecified atom stereocenters. The molecule has 3 fully saturated rings. The predicted molar refractivity (Wildman–Crippen MR) is 70.5 cm³/mol. The highest BCUT2D eigenvalue weighted by atomic mass is 16.4. The van der Waals surface area contributed by atoms with Crippen LogP contribution in [0.25, 0.3) is 0 Å².